The van der Waals surface area contributed by atoms with Crippen molar-refractivity contribution >= 4 is 46.0 Å². The number of aliphatic hydroxyl groups excluding tert-OH is 1. The predicted molar refractivity (Wildman–Crippen MR) is 136 cm³/mol. The van der Waals surface area contributed by atoms with Crippen LogP contribution in [0.5, 0.6) is 0 Å². The first-order valence-corrected chi connectivity index (χ1v) is 13.2. The summed E-state index contributed by atoms with van der Waals surface area (Å²) in [6.07, 6.45) is 1.90. The normalized spacial score (nSPS) is 32.1. The maximum atomic E-state index is 14.0. The van der Waals surface area contributed by atoms with E-state index in [4.69, 9.17) is 4.74 Å². The lowest BCUT2D eigenvalue weighted by atomic mass is 9.66. The highest BCUT2D eigenvalue weighted by Crippen LogP contribution is 2.71. The van der Waals surface area contributed by atoms with E-state index >= 15 is 0 Å². The largest absolute Gasteiger partial charge is 0.466 e. The molecule has 0 saturated carbocycles. The van der Waals surface area contributed by atoms with E-state index in [0.717, 1.165) is 17.2 Å². The van der Waals surface area contributed by atoms with E-state index in [1.807, 2.05) is 56.3 Å². The van der Waals surface area contributed by atoms with Crippen LogP contribution >= 0.6 is 11.8 Å². The molecule has 2 aromatic rings. The van der Waals surface area contributed by atoms with Gasteiger partial charge in [-0.05, 0) is 56.0 Å². The average Bonchev–Trinajstić information content (AvgIpc) is 3.41. The maximum Gasteiger partial charge on any atom is 0.311 e. The van der Waals surface area contributed by atoms with E-state index < -0.39 is 33.4 Å². The lowest BCUT2D eigenvalue weighted by Crippen LogP contribution is -2.54. The molecule has 2 unspecified atom stereocenters. The Bertz CT molecular complexity index is 1180. The minimum Gasteiger partial charge on any atom is -0.466 e. The number of fused-ring (bicyclic) bond motifs is 2. The summed E-state index contributed by atoms with van der Waals surface area (Å²) in [5.41, 5.74) is 0.656. The standard InChI is InChI=1S/C27H32N2O5S/c1-4-19(15-30)29-22(23(31)28-18-11-10-16-8-6-7-9-17(16)14-18)27-13-12-26(3,35-27)21(20(27)24(29)32)25(33)34-5-2/h6-11,14,19-22,30H,4-5,12-13,15H2,1-3H3,(H,28,31)/t19-,20-,21+,22?,26-,27?/m0/s1. The summed E-state index contributed by atoms with van der Waals surface area (Å²) in [5, 5.41) is 15.3. The molecule has 2 bridgehead atoms. The lowest BCUT2D eigenvalue weighted by molar-refractivity contribution is -0.155. The van der Waals surface area contributed by atoms with Gasteiger partial charge in [-0.15, -0.1) is 11.8 Å². The van der Waals surface area contributed by atoms with Crippen LogP contribution in [0.15, 0.2) is 42.5 Å². The van der Waals surface area contributed by atoms with Crippen molar-refractivity contribution in [2.24, 2.45) is 11.8 Å². The van der Waals surface area contributed by atoms with E-state index in [0.29, 0.717) is 18.5 Å². The van der Waals surface area contributed by atoms with Gasteiger partial charge in [0, 0.05) is 10.4 Å². The minimum atomic E-state index is -0.783. The number of anilines is 1. The van der Waals surface area contributed by atoms with Crippen LogP contribution in [-0.2, 0) is 19.1 Å². The van der Waals surface area contributed by atoms with Gasteiger partial charge in [-0.3, -0.25) is 14.4 Å². The molecule has 3 saturated heterocycles. The van der Waals surface area contributed by atoms with Crippen LogP contribution in [0.3, 0.4) is 0 Å². The Hall–Kier alpha value is -2.58. The van der Waals surface area contributed by atoms with Crippen LogP contribution in [-0.4, -0.2) is 62.6 Å². The van der Waals surface area contributed by atoms with Crippen molar-refractivity contribution in [3.05, 3.63) is 42.5 Å². The van der Waals surface area contributed by atoms with Gasteiger partial charge in [0.1, 0.15) is 6.04 Å². The van der Waals surface area contributed by atoms with E-state index in [1.165, 1.54) is 0 Å². The molecular weight excluding hydrogens is 464 g/mol. The molecular formula is C27H32N2O5S. The highest BCUT2D eigenvalue weighted by molar-refractivity contribution is 8.02. The monoisotopic (exact) mass is 496 g/mol. The summed E-state index contributed by atoms with van der Waals surface area (Å²) in [7, 11) is 0. The molecule has 0 radical (unpaired) electrons. The van der Waals surface area contributed by atoms with E-state index in [9.17, 15) is 19.5 Å². The molecule has 3 aliphatic rings. The van der Waals surface area contributed by atoms with Crippen LogP contribution in [0.4, 0.5) is 5.69 Å². The molecule has 3 fully saturated rings. The average molecular weight is 497 g/mol. The molecule has 0 aromatic heterocycles. The number of carbonyl (C=O) groups is 3. The molecule has 5 rings (SSSR count). The van der Waals surface area contributed by atoms with Gasteiger partial charge >= 0.3 is 5.97 Å². The smallest absolute Gasteiger partial charge is 0.311 e. The van der Waals surface area contributed by atoms with Gasteiger partial charge in [0.05, 0.1) is 35.8 Å². The molecule has 186 valence electrons. The van der Waals surface area contributed by atoms with Crippen LogP contribution in [0, 0.1) is 11.8 Å². The number of thioether (sulfide) groups is 1. The van der Waals surface area contributed by atoms with Gasteiger partial charge in [0.15, 0.2) is 0 Å². The maximum absolute atomic E-state index is 14.0. The number of hydrogen-bond acceptors (Lipinski definition) is 6. The zero-order valence-corrected chi connectivity index (χ0v) is 21.1. The topological polar surface area (TPSA) is 95.9 Å². The molecule has 2 amide bonds. The summed E-state index contributed by atoms with van der Waals surface area (Å²) in [6, 6.07) is 12.4. The van der Waals surface area contributed by atoms with Crippen molar-refractivity contribution in [1.29, 1.82) is 0 Å². The van der Waals surface area contributed by atoms with Gasteiger partial charge in [-0.2, -0.15) is 0 Å². The fourth-order valence-electron chi connectivity index (χ4n) is 6.54. The van der Waals surface area contributed by atoms with Gasteiger partial charge in [-0.25, -0.2) is 0 Å². The summed E-state index contributed by atoms with van der Waals surface area (Å²) in [4.78, 5) is 42.6. The van der Waals surface area contributed by atoms with Gasteiger partial charge in [-0.1, -0.05) is 37.3 Å². The molecule has 6 atom stereocenters. The molecule has 8 heteroatoms. The fraction of sp³-hybridized carbons (Fsp3) is 0.519. The number of likely N-dealkylation sites (tertiary alicyclic amines) is 1. The van der Waals surface area contributed by atoms with Crippen molar-refractivity contribution in [2.75, 3.05) is 18.5 Å². The van der Waals surface area contributed by atoms with Crippen molar-refractivity contribution < 1.29 is 24.2 Å². The Kier molecular flexibility index (Phi) is 6.08. The van der Waals surface area contributed by atoms with Crippen LogP contribution in [0.2, 0.25) is 0 Å². The third-order valence-corrected chi connectivity index (χ3v) is 10.1. The number of amides is 2. The number of ether oxygens (including phenoxy) is 1. The summed E-state index contributed by atoms with van der Waals surface area (Å²) < 4.78 is 4.22. The molecule has 0 aliphatic carbocycles. The minimum absolute atomic E-state index is 0.224. The molecule has 3 aliphatic heterocycles. The summed E-state index contributed by atoms with van der Waals surface area (Å²) in [6.45, 7) is 5.68. The second kappa shape index (κ2) is 8.82. The zero-order chi connectivity index (χ0) is 25.0. The van der Waals surface area contributed by atoms with E-state index in [-0.39, 0.29) is 31.0 Å². The fourth-order valence-corrected chi connectivity index (χ4v) is 8.87. The Morgan fingerprint density at radius 3 is 2.63 bits per heavy atom. The zero-order valence-electron chi connectivity index (χ0n) is 20.3. The Morgan fingerprint density at radius 1 is 1.20 bits per heavy atom. The Balaban J connectivity index is 1.55. The first-order chi connectivity index (χ1) is 16.8. The Labute approximate surface area is 209 Å². The lowest BCUT2D eigenvalue weighted by Gasteiger charge is -2.36. The Morgan fingerprint density at radius 2 is 1.94 bits per heavy atom. The van der Waals surface area contributed by atoms with E-state index in [1.54, 1.807) is 23.6 Å². The van der Waals surface area contributed by atoms with E-state index in [2.05, 4.69) is 5.32 Å². The number of nitrogens with zero attached hydrogens (tertiary/aromatic N) is 1. The number of carbonyl (C=O) groups excluding carboxylic acids is 3. The number of rotatable bonds is 7. The number of nitrogens with one attached hydrogen (secondary N) is 1. The summed E-state index contributed by atoms with van der Waals surface area (Å²) in [5.74, 6) is -2.11. The first-order valence-electron chi connectivity index (χ1n) is 12.4. The van der Waals surface area contributed by atoms with Gasteiger partial charge in [0.2, 0.25) is 11.8 Å². The van der Waals surface area contributed by atoms with Crippen molar-refractivity contribution in [2.45, 2.75) is 61.6 Å². The van der Waals surface area contributed by atoms with Crippen LogP contribution in [0.25, 0.3) is 10.8 Å². The van der Waals surface area contributed by atoms with Crippen molar-refractivity contribution in [1.82, 2.24) is 4.90 Å². The highest BCUT2D eigenvalue weighted by Gasteiger charge is 2.77. The second-order valence-electron chi connectivity index (χ2n) is 10.0. The van der Waals surface area contributed by atoms with Crippen LogP contribution < -0.4 is 5.32 Å². The quantitative estimate of drug-likeness (QED) is 0.569. The molecule has 35 heavy (non-hydrogen) atoms. The number of benzene rings is 2. The number of hydrogen-bond donors (Lipinski definition) is 2. The van der Waals surface area contributed by atoms with Crippen LogP contribution in [0.1, 0.15) is 40.0 Å². The third kappa shape index (κ3) is 3.56. The first kappa shape index (κ1) is 24.1. The molecule has 2 aromatic carbocycles. The van der Waals surface area contributed by atoms with Gasteiger partial charge in [0.25, 0.3) is 0 Å². The van der Waals surface area contributed by atoms with Crippen molar-refractivity contribution in [3.8, 4) is 0 Å². The number of aliphatic hydroxyl groups is 1. The second-order valence-corrected chi connectivity index (χ2v) is 11.9. The third-order valence-electron chi connectivity index (χ3n) is 8.10. The van der Waals surface area contributed by atoms with Crippen molar-refractivity contribution in [3.63, 3.8) is 0 Å². The number of esters is 1. The molecule has 2 N–H and O–H groups in total. The summed E-state index contributed by atoms with van der Waals surface area (Å²) >= 11 is 1.60. The molecule has 7 nitrogen and oxygen atoms in total. The predicted octanol–water partition coefficient (Wildman–Crippen LogP) is 3.59. The SMILES string of the molecule is CCOC(=O)[C@H]1[C@H]2C(=O)N([C@@H](CC)CO)C(C(=O)Nc3ccc4ccccc4c3)C23CC[C@]1(C)S3. The molecule has 1 spiro atoms. The highest BCUT2D eigenvalue weighted by atomic mass is 32.2. The molecule has 3 heterocycles. The van der Waals surface area contributed by atoms with Gasteiger partial charge < -0.3 is 20.1 Å².